The first-order chi connectivity index (χ1) is 11.1. The fourth-order valence-electron chi connectivity index (χ4n) is 1.51. The number of nitrogens with zero attached hydrogens (tertiary/aromatic N) is 1. The molecule has 1 amide bonds. The number of hydroxylamine groups is 2. The van der Waals surface area contributed by atoms with Crippen LogP contribution in [-0.2, 0) is 19.2 Å². The molecule has 0 saturated carbocycles. The molecule has 0 aromatic heterocycles. The van der Waals surface area contributed by atoms with Crippen LogP contribution in [0, 0.1) is 23.7 Å². The van der Waals surface area contributed by atoms with Crippen molar-refractivity contribution in [2.45, 2.75) is 0 Å². The van der Waals surface area contributed by atoms with E-state index in [-0.39, 0.29) is 13.4 Å². The van der Waals surface area contributed by atoms with Crippen molar-refractivity contribution in [1.29, 1.82) is 0 Å². The topological polar surface area (TPSA) is 74.3 Å². The molecule has 1 aliphatic rings. The lowest BCUT2D eigenvalue weighted by molar-refractivity contribution is -0.161. The highest BCUT2D eigenvalue weighted by atomic mass is 16.7. The maximum Gasteiger partial charge on any atom is 0.385 e. The van der Waals surface area contributed by atoms with Crippen molar-refractivity contribution in [3.05, 3.63) is 23.8 Å². The molecule has 0 radical (unpaired) electrons. The highest BCUT2D eigenvalue weighted by Gasteiger charge is 2.12. The Kier molecular flexibility index (Phi) is 5.45. The molecule has 2 rings (SSSR count). The zero-order valence-electron chi connectivity index (χ0n) is 12.5. The van der Waals surface area contributed by atoms with Gasteiger partial charge in [-0.05, 0) is 18.2 Å². The molecule has 1 aliphatic heterocycles. The van der Waals surface area contributed by atoms with Gasteiger partial charge in [-0.15, -0.1) is 0 Å². The standard InChI is InChI=1S/C16H13NO6/c1-17(20-2)15(18)4-3-9-21-16(19)8-6-12-5-7-13-14(10-12)23-11-22-13/h5,7,10H,9,11H2,1-2H3. The van der Waals surface area contributed by atoms with Gasteiger partial charge in [-0.3, -0.25) is 9.63 Å². The predicted octanol–water partition coefficient (Wildman–Crippen LogP) is 0.333. The molecule has 7 nitrogen and oxygen atoms in total. The fourth-order valence-corrected chi connectivity index (χ4v) is 1.51. The van der Waals surface area contributed by atoms with Crippen molar-refractivity contribution in [3.8, 4) is 35.2 Å². The molecule has 23 heavy (non-hydrogen) atoms. The summed E-state index contributed by atoms with van der Waals surface area (Å²) in [4.78, 5) is 27.3. The van der Waals surface area contributed by atoms with E-state index in [4.69, 9.17) is 14.2 Å². The minimum Gasteiger partial charge on any atom is -0.454 e. The average Bonchev–Trinajstić information content (AvgIpc) is 3.03. The van der Waals surface area contributed by atoms with Crippen molar-refractivity contribution in [1.82, 2.24) is 5.06 Å². The van der Waals surface area contributed by atoms with Crippen molar-refractivity contribution >= 4 is 11.9 Å². The largest absolute Gasteiger partial charge is 0.454 e. The number of esters is 1. The zero-order chi connectivity index (χ0) is 16.7. The molecule has 0 aliphatic carbocycles. The first kappa shape index (κ1) is 16.2. The summed E-state index contributed by atoms with van der Waals surface area (Å²) in [5.41, 5.74) is 0.592. The average molecular weight is 315 g/mol. The van der Waals surface area contributed by atoms with Crippen LogP contribution in [0.25, 0.3) is 0 Å². The first-order valence-corrected chi connectivity index (χ1v) is 6.49. The summed E-state index contributed by atoms with van der Waals surface area (Å²) < 4.78 is 15.1. The van der Waals surface area contributed by atoms with E-state index in [1.165, 1.54) is 14.2 Å². The molecule has 1 heterocycles. The second-order valence-electron chi connectivity index (χ2n) is 4.18. The smallest absolute Gasteiger partial charge is 0.385 e. The van der Waals surface area contributed by atoms with Gasteiger partial charge in [0.1, 0.15) is 0 Å². The van der Waals surface area contributed by atoms with Crippen LogP contribution >= 0.6 is 0 Å². The van der Waals surface area contributed by atoms with Crippen LogP contribution < -0.4 is 9.47 Å². The van der Waals surface area contributed by atoms with Crippen LogP contribution in [0.3, 0.4) is 0 Å². The third-order valence-electron chi connectivity index (χ3n) is 2.71. The minimum atomic E-state index is -0.746. The van der Waals surface area contributed by atoms with Crippen LogP contribution in [0.15, 0.2) is 18.2 Å². The van der Waals surface area contributed by atoms with Gasteiger partial charge in [0.2, 0.25) is 6.79 Å². The number of hydrogen-bond acceptors (Lipinski definition) is 6. The van der Waals surface area contributed by atoms with Gasteiger partial charge in [0.15, 0.2) is 18.1 Å². The van der Waals surface area contributed by atoms with Crippen LogP contribution in [0.4, 0.5) is 0 Å². The van der Waals surface area contributed by atoms with Crippen LogP contribution in [0.2, 0.25) is 0 Å². The lowest BCUT2D eigenvalue weighted by Gasteiger charge is -2.07. The fraction of sp³-hybridized carbons (Fsp3) is 0.250. The van der Waals surface area contributed by atoms with Gasteiger partial charge in [-0.2, -0.15) is 0 Å². The summed E-state index contributed by atoms with van der Waals surface area (Å²) in [6.07, 6.45) is 0. The Morgan fingerprint density at radius 1 is 1.26 bits per heavy atom. The van der Waals surface area contributed by atoms with E-state index in [0.29, 0.717) is 17.1 Å². The Labute approximate surface area is 133 Å². The van der Waals surface area contributed by atoms with Crippen molar-refractivity contribution < 1.29 is 28.6 Å². The minimum absolute atomic E-state index is 0.171. The number of ether oxygens (including phenoxy) is 3. The summed E-state index contributed by atoms with van der Waals surface area (Å²) in [6.45, 7) is -0.0676. The van der Waals surface area contributed by atoms with E-state index in [9.17, 15) is 9.59 Å². The number of rotatable bonds is 2. The Morgan fingerprint density at radius 3 is 2.83 bits per heavy atom. The molecule has 0 atom stereocenters. The van der Waals surface area contributed by atoms with Gasteiger partial charge in [0, 0.05) is 24.5 Å². The summed E-state index contributed by atoms with van der Waals surface area (Å²) in [5, 5.41) is 0.953. The monoisotopic (exact) mass is 315 g/mol. The zero-order valence-corrected chi connectivity index (χ0v) is 12.5. The number of benzene rings is 1. The predicted molar refractivity (Wildman–Crippen MR) is 78.0 cm³/mol. The second kappa shape index (κ2) is 7.74. The molecule has 118 valence electrons. The normalized spacial score (nSPS) is 10.7. The summed E-state index contributed by atoms with van der Waals surface area (Å²) in [7, 11) is 2.76. The van der Waals surface area contributed by atoms with Crippen LogP contribution in [-0.4, -0.2) is 44.5 Å². The molecule has 0 fully saturated rings. The van der Waals surface area contributed by atoms with Gasteiger partial charge in [0.05, 0.1) is 7.11 Å². The first-order valence-electron chi connectivity index (χ1n) is 6.49. The van der Waals surface area contributed by atoms with Crippen LogP contribution in [0.1, 0.15) is 5.56 Å². The molecule has 0 bridgehead atoms. The van der Waals surface area contributed by atoms with E-state index < -0.39 is 11.9 Å². The Morgan fingerprint density at radius 2 is 2.04 bits per heavy atom. The van der Waals surface area contributed by atoms with Crippen molar-refractivity contribution in [2.24, 2.45) is 0 Å². The molecule has 0 spiro atoms. The van der Waals surface area contributed by atoms with E-state index in [1.807, 2.05) is 0 Å². The lowest BCUT2D eigenvalue weighted by Crippen LogP contribution is -2.23. The second-order valence-corrected chi connectivity index (χ2v) is 4.18. The number of carbonyl (C=O) groups is 2. The van der Waals surface area contributed by atoms with Gasteiger partial charge in [-0.25, -0.2) is 9.86 Å². The quantitative estimate of drug-likeness (QED) is 0.445. The van der Waals surface area contributed by atoms with Crippen molar-refractivity contribution in [2.75, 3.05) is 27.6 Å². The van der Waals surface area contributed by atoms with E-state index >= 15 is 0 Å². The summed E-state index contributed by atoms with van der Waals surface area (Å²) in [5.74, 6) is 9.53. The third-order valence-corrected chi connectivity index (χ3v) is 2.71. The molecule has 0 unspecified atom stereocenters. The highest BCUT2D eigenvalue weighted by Crippen LogP contribution is 2.32. The summed E-state index contributed by atoms with van der Waals surface area (Å²) >= 11 is 0. The Hall–Kier alpha value is -3.16. The van der Waals surface area contributed by atoms with Gasteiger partial charge in [-0.1, -0.05) is 11.8 Å². The molecule has 1 aromatic rings. The Balaban J connectivity index is 1.84. The molecule has 7 heteroatoms. The number of fused-ring (bicyclic) bond motifs is 1. The van der Waals surface area contributed by atoms with E-state index in [0.717, 1.165) is 5.06 Å². The Bertz CT molecular complexity index is 734. The van der Waals surface area contributed by atoms with E-state index in [1.54, 1.807) is 18.2 Å². The SMILES string of the molecule is CON(C)C(=O)C#CCOC(=O)C#Cc1ccc2c(c1)OCO2. The maximum absolute atomic E-state index is 11.4. The van der Waals surface area contributed by atoms with Crippen molar-refractivity contribution in [3.63, 3.8) is 0 Å². The number of carbonyl (C=O) groups excluding carboxylic acids is 2. The van der Waals surface area contributed by atoms with E-state index in [2.05, 4.69) is 28.5 Å². The number of amides is 1. The molecular weight excluding hydrogens is 302 g/mol. The van der Waals surface area contributed by atoms with Gasteiger partial charge in [0.25, 0.3) is 0 Å². The maximum atomic E-state index is 11.4. The third kappa shape index (κ3) is 4.67. The van der Waals surface area contributed by atoms with Crippen LogP contribution in [0.5, 0.6) is 11.5 Å². The van der Waals surface area contributed by atoms with Gasteiger partial charge >= 0.3 is 11.9 Å². The number of hydrogen-bond donors (Lipinski definition) is 0. The molecule has 1 aromatic carbocycles. The molecule has 0 N–H and O–H groups in total. The van der Waals surface area contributed by atoms with Gasteiger partial charge < -0.3 is 14.2 Å². The molecular formula is C16H13NO6. The highest BCUT2D eigenvalue weighted by molar-refractivity contribution is 5.93. The molecule has 0 saturated heterocycles. The summed E-state index contributed by atoms with van der Waals surface area (Å²) in [6, 6.07) is 5.08. The lowest BCUT2D eigenvalue weighted by atomic mass is 10.2.